The first kappa shape index (κ1) is 13.3. The fourth-order valence-corrected chi connectivity index (χ4v) is 2.57. The van der Waals surface area contributed by atoms with Crippen LogP contribution in [-0.4, -0.2) is 12.3 Å². The third kappa shape index (κ3) is 3.20. The summed E-state index contributed by atoms with van der Waals surface area (Å²) in [5.74, 6) is 0.948. The van der Waals surface area contributed by atoms with Gasteiger partial charge in [-0.15, -0.1) is 0 Å². The molecular weight excluding hydrogens is 222 g/mol. The first-order valence-corrected chi connectivity index (χ1v) is 7.15. The van der Waals surface area contributed by atoms with E-state index < -0.39 is 0 Å². The molecule has 0 radical (unpaired) electrons. The van der Waals surface area contributed by atoms with Gasteiger partial charge >= 0.3 is 0 Å². The van der Waals surface area contributed by atoms with Crippen LogP contribution in [0.5, 0.6) is 0 Å². The number of hydrogen-bond acceptors (Lipinski definition) is 2. The van der Waals surface area contributed by atoms with Crippen LogP contribution in [0.4, 0.5) is 0 Å². The molecule has 0 aliphatic heterocycles. The second-order valence-electron chi connectivity index (χ2n) is 5.24. The minimum atomic E-state index is 0.314. The molecule has 2 heteroatoms. The number of ketones is 1. The smallest absolute Gasteiger partial charge is 0.163 e. The summed E-state index contributed by atoms with van der Waals surface area (Å²) < 4.78 is 0. The van der Waals surface area contributed by atoms with Gasteiger partial charge < -0.3 is 5.73 Å². The number of carbonyl (C=O) groups is 1. The minimum Gasteiger partial charge on any atom is -0.330 e. The molecule has 2 N–H and O–H groups in total. The van der Waals surface area contributed by atoms with E-state index in [1.54, 1.807) is 0 Å². The maximum absolute atomic E-state index is 12.2. The van der Waals surface area contributed by atoms with Crippen LogP contribution in [0.25, 0.3) is 0 Å². The number of unbranched alkanes of at least 4 members (excludes halogenated alkanes) is 2. The maximum atomic E-state index is 12.2. The zero-order chi connectivity index (χ0) is 12.8. The molecule has 2 nitrogen and oxygen atoms in total. The van der Waals surface area contributed by atoms with Crippen molar-refractivity contribution in [2.45, 2.75) is 50.9 Å². The molecule has 0 bridgehead atoms. The van der Waals surface area contributed by atoms with E-state index in [9.17, 15) is 4.79 Å². The molecule has 0 saturated heterocycles. The van der Waals surface area contributed by atoms with Crippen LogP contribution >= 0.6 is 0 Å². The van der Waals surface area contributed by atoms with Gasteiger partial charge in [-0.25, -0.2) is 0 Å². The van der Waals surface area contributed by atoms with E-state index in [4.69, 9.17) is 5.73 Å². The fourth-order valence-electron chi connectivity index (χ4n) is 2.57. The van der Waals surface area contributed by atoms with Crippen molar-refractivity contribution in [3.63, 3.8) is 0 Å². The molecule has 2 rings (SSSR count). The van der Waals surface area contributed by atoms with Crippen LogP contribution in [0.15, 0.2) is 24.3 Å². The Balaban J connectivity index is 1.96. The second-order valence-corrected chi connectivity index (χ2v) is 5.24. The van der Waals surface area contributed by atoms with Gasteiger partial charge in [-0.2, -0.15) is 0 Å². The highest BCUT2D eigenvalue weighted by atomic mass is 16.1. The van der Waals surface area contributed by atoms with Gasteiger partial charge in [0.05, 0.1) is 0 Å². The first-order chi connectivity index (χ1) is 8.83. The highest BCUT2D eigenvalue weighted by molar-refractivity contribution is 5.97. The summed E-state index contributed by atoms with van der Waals surface area (Å²) in [5, 5.41) is 0. The molecule has 18 heavy (non-hydrogen) atoms. The molecule has 0 unspecified atom stereocenters. The Bertz CT molecular complexity index is 396. The average molecular weight is 245 g/mol. The van der Waals surface area contributed by atoms with E-state index in [0.717, 1.165) is 31.4 Å². The molecule has 1 aliphatic rings. The number of rotatable bonds is 7. The third-order valence-corrected chi connectivity index (χ3v) is 3.91. The predicted molar refractivity (Wildman–Crippen MR) is 74.9 cm³/mol. The van der Waals surface area contributed by atoms with E-state index >= 15 is 0 Å². The molecule has 0 heterocycles. The van der Waals surface area contributed by atoms with Gasteiger partial charge in [0.2, 0.25) is 0 Å². The van der Waals surface area contributed by atoms with Crippen molar-refractivity contribution in [3.8, 4) is 0 Å². The maximum Gasteiger partial charge on any atom is 0.163 e. The Labute approximate surface area is 110 Å². The summed E-state index contributed by atoms with van der Waals surface area (Å²) in [5.41, 5.74) is 7.71. The Hall–Kier alpha value is -1.15. The van der Waals surface area contributed by atoms with Gasteiger partial charge in [0.15, 0.2) is 5.78 Å². The van der Waals surface area contributed by atoms with Crippen molar-refractivity contribution in [2.24, 2.45) is 5.73 Å². The van der Waals surface area contributed by atoms with E-state index in [0.29, 0.717) is 18.1 Å². The van der Waals surface area contributed by atoms with Crippen LogP contribution in [0.3, 0.4) is 0 Å². The standard InChI is InChI=1S/C16H23NO/c17-12-5-1-2-11-16(18)15-10-4-3-9-14(15)13-7-6-8-13/h3-4,9-10,13H,1-2,5-8,11-12,17H2. The van der Waals surface area contributed by atoms with Crippen molar-refractivity contribution in [1.82, 2.24) is 0 Å². The molecule has 98 valence electrons. The number of benzene rings is 1. The lowest BCUT2D eigenvalue weighted by atomic mass is 9.77. The normalized spacial score (nSPS) is 15.4. The second kappa shape index (κ2) is 6.69. The third-order valence-electron chi connectivity index (χ3n) is 3.91. The zero-order valence-electron chi connectivity index (χ0n) is 11.0. The lowest BCUT2D eigenvalue weighted by molar-refractivity contribution is 0.0977. The Kier molecular flexibility index (Phi) is 4.94. The summed E-state index contributed by atoms with van der Waals surface area (Å²) in [7, 11) is 0. The van der Waals surface area contributed by atoms with Crippen LogP contribution in [-0.2, 0) is 0 Å². The largest absolute Gasteiger partial charge is 0.330 e. The topological polar surface area (TPSA) is 43.1 Å². The van der Waals surface area contributed by atoms with Crippen molar-refractivity contribution in [1.29, 1.82) is 0 Å². The Morgan fingerprint density at radius 2 is 1.94 bits per heavy atom. The molecule has 1 fully saturated rings. The van der Waals surface area contributed by atoms with Crippen molar-refractivity contribution >= 4 is 5.78 Å². The molecular formula is C16H23NO. The van der Waals surface area contributed by atoms with Crippen LogP contribution in [0.2, 0.25) is 0 Å². The Morgan fingerprint density at radius 3 is 2.61 bits per heavy atom. The van der Waals surface area contributed by atoms with Gasteiger partial charge in [0, 0.05) is 12.0 Å². The van der Waals surface area contributed by atoms with Gasteiger partial charge in [-0.3, -0.25) is 4.79 Å². The number of hydrogen-bond donors (Lipinski definition) is 1. The Morgan fingerprint density at radius 1 is 1.17 bits per heavy atom. The average Bonchev–Trinajstić information content (AvgIpc) is 2.33. The first-order valence-electron chi connectivity index (χ1n) is 7.15. The number of nitrogens with two attached hydrogens (primary N) is 1. The highest BCUT2D eigenvalue weighted by Crippen LogP contribution is 2.38. The van der Waals surface area contributed by atoms with Crippen molar-refractivity contribution in [2.75, 3.05) is 6.54 Å². The van der Waals surface area contributed by atoms with Gasteiger partial charge in [-0.1, -0.05) is 37.1 Å². The fraction of sp³-hybridized carbons (Fsp3) is 0.562. The van der Waals surface area contributed by atoms with Gasteiger partial charge in [-0.05, 0) is 43.7 Å². The number of Topliss-reactive ketones (excluding diaryl/α,β-unsaturated/α-hetero) is 1. The quantitative estimate of drug-likeness (QED) is 0.588. The molecule has 1 aromatic carbocycles. The monoisotopic (exact) mass is 245 g/mol. The summed E-state index contributed by atoms with van der Waals surface area (Å²) in [6.45, 7) is 0.729. The van der Waals surface area contributed by atoms with E-state index in [2.05, 4.69) is 12.1 Å². The molecule has 0 amide bonds. The summed E-state index contributed by atoms with van der Waals surface area (Å²) in [6, 6.07) is 8.17. The summed E-state index contributed by atoms with van der Waals surface area (Å²) >= 11 is 0. The molecule has 0 aromatic heterocycles. The van der Waals surface area contributed by atoms with E-state index in [1.807, 2.05) is 12.1 Å². The summed E-state index contributed by atoms with van der Waals surface area (Å²) in [4.78, 5) is 12.2. The van der Waals surface area contributed by atoms with Crippen LogP contribution in [0.1, 0.15) is 66.8 Å². The lowest BCUT2D eigenvalue weighted by Gasteiger charge is -2.27. The predicted octanol–water partition coefficient (Wildman–Crippen LogP) is 3.66. The zero-order valence-corrected chi connectivity index (χ0v) is 11.0. The lowest BCUT2D eigenvalue weighted by Crippen LogP contribution is -2.13. The van der Waals surface area contributed by atoms with E-state index in [1.165, 1.54) is 24.8 Å². The van der Waals surface area contributed by atoms with Crippen LogP contribution in [0, 0.1) is 0 Å². The number of carbonyl (C=O) groups excluding carboxylic acids is 1. The van der Waals surface area contributed by atoms with Gasteiger partial charge in [0.25, 0.3) is 0 Å². The van der Waals surface area contributed by atoms with Gasteiger partial charge in [0.1, 0.15) is 0 Å². The molecule has 1 saturated carbocycles. The van der Waals surface area contributed by atoms with E-state index in [-0.39, 0.29) is 0 Å². The molecule has 0 spiro atoms. The molecule has 0 atom stereocenters. The van der Waals surface area contributed by atoms with Crippen molar-refractivity contribution < 1.29 is 4.79 Å². The van der Waals surface area contributed by atoms with Crippen LogP contribution < -0.4 is 5.73 Å². The minimum absolute atomic E-state index is 0.314. The SMILES string of the molecule is NCCCCCC(=O)c1ccccc1C1CCC1. The molecule has 1 aliphatic carbocycles. The highest BCUT2D eigenvalue weighted by Gasteiger charge is 2.23. The summed E-state index contributed by atoms with van der Waals surface area (Å²) in [6.07, 6.45) is 7.53. The molecule has 1 aromatic rings. The van der Waals surface area contributed by atoms with Crippen molar-refractivity contribution in [3.05, 3.63) is 35.4 Å².